The van der Waals surface area contributed by atoms with E-state index >= 15 is 0 Å². The average Bonchev–Trinajstić information content (AvgIpc) is 1.79. The zero-order valence-electron chi connectivity index (χ0n) is 9.82. The van der Waals surface area contributed by atoms with Crippen molar-refractivity contribution >= 4 is 0 Å². The van der Waals surface area contributed by atoms with Gasteiger partial charge < -0.3 is 10.2 Å². The molecule has 0 rings (SSSR count). The smallest absolute Gasteiger partial charge is 0.0894 e. The summed E-state index contributed by atoms with van der Waals surface area (Å²) in [5, 5.41) is 17.0. The molecular weight excluding hydrogens is 277 g/mol. The molecule has 2 nitrogen and oxygen atoms in total. The second kappa shape index (κ2) is 11.3. The van der Waals surface area contributed by atoms with Crippen molar-refractivity contribution in [3.05, 3.63) is 48.0 Å². The summed E-state index contributed by atoms with van der Waals surface area (Å²) in [6.07, 6.45) is 3.22. The zero-order valence-corrected chi connectivity index (χ0v) is 11.6. The van der Waals surface area contributed by atoms with E-state index in [0.717, 1.165) is 11.1 Å². The van der Waals surface area contributed by atoms with Gasteiger partial charge in [0.2, 0.25) is 0 Å². The average molecular weight is 297 g/mol. The van der Waals surface area contributed by atoms with E-state index in [0.29, 0.717) is 11.5 Å². The fourth-order valence-corrected chi connectivity index (χ4v) is 0.713. The molecule has 0 aliphatic heterocycles. The van der Waals surface area contributed by atoms with Crippen LogP contribution in [0.1, 0.15) is 27.7 Å². The third-order valence-corrected chi connectivity index (χ3v) is 0.911. The van der Waals surface area contributed by atoms with Crippen molar-refractivity contribution in [1.82, 2.24) is 0 Å². The Morgan fingerprint density at radius 1 is 0.800 bits per heavy atom. The molecule has 0 aromatic heterocycles. The van der Waals surface area contributed by atoms with Crippen LogP contribution >= 0.6 is 0 Å². The van der Waals surface area contributed by atoms with Crippen LogP contribution in [0, 0.1) is 0 Å². The van der Waals surface area contributed by atoms with Crippen molar-refractivity contribution in [2.75, 3.05) is 0 Å². The SMILES string of the molecule is C=C(C)/C=C(\C)O.C=C(C)/C=C(\C)O.[Ru]. The van der Waals surface area contributed by atoms with E-state index in [4.69, 9.17) is 10.2 Å². The molecule has 0 aromatic carbocycles. The summed E-state index contributed by atoms with van der Waals surface area (Å²) in [4.78, 5) is 0. The fraction of sp³-hybridized carbons (Fsp3) is 0.333. The summed E-state index contributed by atoms with van der Waals surface area (Å²) in [6.45, 7) is 14.0. The summed E-state index contributed by atoms with van der Waals surface area (Å²) in [5.41, 5.74) is 1.75. The quantitative estimate of drug-likeness (QED) is 0.459. The topological polar surface area (TPSA) is 40.5 Å². The van der Waals surface area contributed by atoms with Crippen LogP contribution in [0.15, 0.2) is 48.0 Å². The molecule has 88 valence electrons. The van der Waals surface area contributed by atoms with E-state index in [1.807, 2.05) is 13.8 Å². The first-order valence-electron chi connectivity index (χ1n) is 4.31. The van der Waals surface area contributed by atoms with Crippen LogP contribution in [0.3, 0.4) is 0 Å². The van der Waals surface area contributed by atoms with E-state index in [1.54, 1.807) is 26.0 Å². The van der Waals surface area contributed by atoms with Gasteiger partial charge in [-0.05, 0) is 39.8 Å². The fourth-order valence-electron chi connectivity index (χ4n) is 0.713. The first kappa shape index (κ1) is 19.7. The van der Waals surface area contributed by atoms with E-state index in [1.165, 1.54) is 0 Å². The molecule has 0 aliphatic carbocycles. The number of rotatable bonds is 2. The van der Waals surface area contributed by atoms with Crippen LogP contribution in [0.25, 0.3) is 0 Å². The van der Waals surface area contributed by atoms with Gasteiger partial charge in [0.15, 0.2) is 0 Å². The van der Waals surface area contributed by atoms with Gasteiger partial charge in [-0.15, -0.1) is 0 Å². The predicted molar refractivity (Wildman–Crippen MR) is 62.4 cm³/mol. The number of hydrogen-bond donors (Lipinski definition) is 2. The maximum Gasteiger partial charge on any atom is 0.0894 e. The minimum atomic E-state index is 0. The molecule has 0 aliphatic rings. The Balaban J connectivity index is -0.000000180. The molecule has 15 heavy (non-hydrogen) atoms. The number of aliphatic hydroxyl groups is 2. The van der Waals surface area contributed by atoms with Crippen LogP contribution in [-0.4, -0.2) is 10.2 Å². The molecule has 0 saturated carbocycles. The van der Waals surface area contributed by atoms with Crippen molar-refractivity contribution in [2.24, 2.45) is 0 Å². The van der Waals surface area contributed by atoms with Gasteiger partial charge in [-0.3, -0.25) is 0 Å². The Hall–Kier alpha value is -0.817. The van der Waals surface area contributed by atoms with Crippen LogP contribution in [0.2, 0.25) is 0 Å². The van der Waals surface area contributed by atoms with Crippen LogP contribution < -0.4 is 0 Å². The third kappa shape index (κ3) is 32.0. The molecule has 0 heterocycles. The Kier molecular flexibility index (Phi) is 14.8. The van der Waals surface area contributed by atoms with Crippen LogP contribution in [-0.2, 0) is 19.5 Å². The largest absolute Gasteiger partial charge is 0.513 e. The zero-order chi connectivity index (χ0) is 11.7. The van der Waals surface area contributed by atoms with Crippen molar-refractivity contribution in [1.29, 1.82) is 0 Å². The van der Waals surface area contributed by atoms with E-state index in [-0.39, 0.29) is 19.5 Å². The normalized spacial score (nSPS) is 10.7. The van der Waals surface area contributed by atoms with Gasteiger partial charge in [0.05, 0.1) is 11.5 Å². The molecule has 2 N–H and O–H groups in total. The molecule has 0 amide bonds. The molecule has 0 unspecified atom stereocenters. The Bertz CT molecular complexity index is 227. The maximum atomic E-state index is 8.52. The van der Waals surface area contributed by atoms with Crippen molar-refractivity contribution in [2.45, 2.75) is 27.7 Å². The van der Waals surface area contributed by atoms with E-state index < -0.39 is 0 Å². The molecule has 0 spiro atoms. The second-order valence-electron chi connectivity index (χ2n) is 3.26. The van der Waals surface area contributed by atoms with Gasteiger partial charge in [-0.1, -0.05) is 24.3 Å². The molecule has 0 aromatic rings. The molecular formula is C12H20O2Ru. The summed E-state index contributed by atoms with van der Waals surface area (Å²) in [6, 6.07) is 0. The molecule has 0 saturated heterocycles. The minimum absolute atomic E-state index is 0. The van der Waals surface area contributed by atoms with Gasteiger partial charge in [0, 0.05) is 19.5 Å². The Labute approximate surface area is 105 Å². The van der Waals surface area contributed by atoms with Gasteiger partial charge in [0.25, 0.3) is 0 Å². The maximum absolute atomic E-state index is 8.52. The summed E-state index contributed by atoms with van der Waals surface area (Å²) >= 11 is 0. The van der Waals surface area contributed by atoms with Gasteiger partial charge >= 0.3 is 0 Å². The number of aliphatic hydroxyl groups excluding tert-OH is 2. The summed E-state index contributed by atoms with van der Waals surface area (Å²) < 4.78 is 0. The molecule has 3 heteroatoms. The first-order chi connectivity index (χ1) is 6.25. The number of hydrogen-bond acceptors (Lipinski definition) is 2. The van der Waals surface area contributed by atoms with Gasteiger partial charge in [-0.2, -0.15) is 0 Å². The molecule has 0 fully saturated rings. The summed E-state index contributed by atoms with van der Waals surface area (Å²) in [7, 11) is 0. The van der Waals surface area contributed by atoms with Crippen LogP contribution in [0.4, 0.5) is 0 Å². The standard InChI is InChI=1S/2C6H10O.Ru/c2*1-5(2)4-6(3)7;/h2*4,7H,1H2,2-3H3;/b2*6-4+;. The summed E-state index contributed by atoms with van der Waals surface area (Å²) in [5.74, 6) is 0.625. The molecule has 0 radical (unpaired) electrons. The monoisotopic (exact) mass is 298 g/mol. The molecule has 0 atom stereocenters. The van der Waals surface area contributed by atoms with Crippen molar-refractivity contribution in [3.63, 3.8) is 0 Å². The first-order valence-corrected chi connectivity index (χ1v) is 4.31. The van der Waals surface area contributed by atoms with Crippen LogP contribution in [0.5, 0.6) is 0 Å². The van der Waals surface area contributed by atoms with Gasteiger partial charge in [-0.25, -0.2) is 0 Å². The van der Waals surface area contributed by atoms with E-state index in [9.17, 15) is 0 Å². The number of allylic oxidation sites excluding steroid dienone is 6. The van der Waals surface area contributed by atoms with Gasteiger partial charge in [0.1, 0.15) is 0 Å². The third-order valence-electron chi connectivity index (χ3n) is 0.911. The minimum Gasteiger partial charge on any atom is -0.513 e. The predicted octanol–water partition coefficient (Wildman–Crippen LogP) is 4.05. The second-order valence-corrected chi connectivity index (χ2v) is 3.26. The van der Waals surface area contributed by atoms with E-state index in [2.05, 4.69) is 13.2 Å². The molecule has 0 bridgehead atoms. The Morgan fingerprint density at radius 2 is 1.00 bits per heavy atom. The van der Waals surface area contributed by atoms with Crippen molar-refractivity contribution in [3.8, 4) is 0 Å². The Morgan fingerprint density at radius 3 is 1.00 bits per heavy atom. The van der Waals surface area contributed by atoms with Crippen molar-refractivity contribution < 1.29 is 29.7 Å².